The summed E-state index contributed by atoms with van der Waals surface area (Å²) in [6.07, 6.45) is 0.550. The van der Waals surface area contributed by atoms with Crippen molar-refractivity contribution in [2.24, 2.45) is 0 Å². The van der Waals surface area contributed by atoms with Gasteiger partial charge in [0.1, 0.15) is 0 Å². The van der Waals surface area contributed by atoms with Crippen LogP contribution >= 0.6 is 0 Å². The first-order valence-corrected chi connectivity index (χ1v) is 8.77. The van der Waals surface area contributed by atoms with Crippen LogP contribution in [0.4, 0.5) is 5.69 Å². The van der Waals surface area contributed by atoms with Gasteiger partial charge in [-0.25, -0.2) is 8.42 Å². The maximum Gasteiger partial charge on any atom is 0.254 e. The van der Waals surface area contributed by atoms with Crippen LogP contribution in [-0.4, -0.2) is 51.2 Å². The van der Waals surface area contributed by atoms with E-state index >= 15 is 0 Å². The van der Waals surface area contributed by atoms with Crippen LogP contribution in [0.1, 0.15) is 23.7 Å². The van der Waals surface area contributed by atoms with E-state index in [-0.39, 0.29) is 11.7 Å². The zero-order valence-corrected chi connectivity index (χ0v) is 12.9. The van der Waals surface area contributed by atoms with Crippen LogP contribution in [0.5, 0.6) is 0 Å². The number of hydrogen-bond acceptors (Lipinski definition) is 4. The number of rotatable bonds is 5. The second-order valence-electron chi connectivity index (χ2n) is 5.04. The summed E-state index contributed by atoms with van der Waals surface area (Å²) in [5.41, 5.74) is 0.943. The molecule has 1 amide bonds. The molecule has 1 heterocycles. The largest absolute Gasteiger partial charge is 0.336 e. The number of carbonyl (C=O) groups is 1. The Balaban J connectivity index is 2.11. The zero-order chi connectivity index (χ0) is 15.3. The molecule has 7 heteroatoms. The van der Waals surface area contributed by atoms with Crippen LogP contribution in [-0.2, 0) is 10.0 Å². The fourth-order valence-corrected chi connectivity index (χ4v) is 3.39. The van der Waals surface area contributed by atoms with Crippen molar-refractivity contribution in [1.82, 2.24) is 10.2 Å². The second-order valence-corrected chi connectivity index (χ2v) is 6.89. The normalized spacial score (nSPS) is 15.8. The van der Waals surface area contributed by atoms with Gasteiger partial charge in [0, 0.05) is 37.4 Å². The Kier molecular flexibility index (Phi) is 5.19. The van der Waals surface area contributed by atoms with E-state index in [4.69, 9.17) is 0 Å². The number of nitrogens with one attached hydrogen (secondary N) is 2. The number of piperazine rings is 1. The molecule has 1 aliphatic heterocycles. The van der Waals surface area contributed by atoms with Crippen LogP contribution in [0.3, 0.4) is 0 Å². The highest BCUT2D eigenvalue weighted by Crippen LogP contribution is 2.15. The van der Waals surface area contributed by atoms with Crippen molar-refractivity contribution >= 4 is 21.6 Å². The van der Waals surface area contributed by atoms with E-state index in [9.17, 15) is 13.2 Å². The molecule has 0 saturated carbocycles. The van der Waals surface area contributed by atoms with E-state index < -0.39 is 10.0 Å². The van der Waals surface area contributed by atoms with Crippen molar-refractivity contribution in [3.8, 4) is 0 Å². The number of hydrogen-bond donors (Lipinski definition) is 2. The molecule has 0 spiro atoms. The monoisotopic (exact) mass is 311 g/mol. The van der Waals surface area contributed by atoms with Crippen LogP contribution in [0, 0.1) is 0 Å². The summed E-state index contributed by atoms with van der Waals surface area (Å²) in [5, 5.41) is 3.19. The molecule has 0 aliphatic carbocycles. The van der Waals surface area contributed by atoms with Gasteiger partial charge in [0.25, 0.3) is 5.91 Å². The number of amides is 1. The van der Waals surface area contributed by atoms with Gasteiger partial charge in [-0.1, -0.05) is 13.0 Å². The maximum absolute atomic E-state index is 12.4. The lowest BCUT2D eigenvalue weighted by atomic mass is 10.1. The van der Waals surface area contributed by atoms with Crippen molar-refractivity contribution in [2.75, 3.05) is 36.7 Å². The summed E-state index contributed by atoms with van der Waals surface area (Å²) in [7, 11) is -3.34. The van der Waals surface area contributed by atoms with Gasteiger partial charge in [0.15, 0.2) is 0 Å². The van der Waals surface area contributed by atoms with Gasteiger partial charge in [-0.15, -0.1) is 0 Å². The lowest BCUT2D eigenvalue weighted by Gasteiger charge is -2.27. The topological polar surface area (TPSA) is 78.5 Å². The second kappa shape index (κ2) is 6.91. The Morgan fingerprint density at radius 2 is 2.05 bits per heavy atom. The lowest BCUT2D eigenvalue weighted by molar-refractivity contribution is 0.0736. The highest BCUT2D eigenvalue weighted by molar-refractivity contribution is 7.92. The molecule has 0 radical (unpaired) electrons. The van der Waals surface area contributed by atoms with Crippen LogP contribution < -0.4 is 10.0 Å². The highest BCUT2D eigenvalue weighted by Gasteiger charge is 2.18. The van der Waals surface area contributed by atoms with Crippen LogP contribution in [0.2, 0.25) is 0 Å². The summed E-state index contributed by atoms with van der Waals surface area (Å²) < 4.78 is 26.0. The summed E-state index contributed by atoms with van der Waals surface area (Å²) >= 11 is 0. The number of carbonyl (C=O) groups excluding carboxylic acids is 1. The molecule has 2 N–H and O–H groups in total. The first kappa shape index (κ1) is 15.8. The Morgan fingerprint density at radius 1 is 1.33 bits per heavy atom. The number of benzene rings is 1. The number of nitrogens with zero attached hydrogens (tertiary/aromatic N) is 1. The predicted molar refractivity (Wildman–Crippen MR) is 82.9 cm³/mol. The molecular weight excluding hydrogens is 290 g/mol. The molecule has 1 saturated heterocycles. The summed E-state index contributed by atoms with van der Waals surface area (Å²) in [4.78, 5) is 14.1. The molecule has 21 heavy (non-hydrogen) atoms. The quantitative estimate of drug-likeness (QED) is 0.846. The average molecular weight is 311 g/mol. The Hall–Kier alpha value is -1.60. The Labute approximate surface area is 125 Å². The zero-order valence-electron chi connectivity index (χ0n) is 12.1. The molecule has 6 nitrogen and oxygen atoms in total. The minimum atomic E-state index is -3.34. The molecule has 0 aromatic heterocycles. The molecule has 0 atom stereocenters. The van der Waals surface area contributed by atoms with Crippen LogP contribution in [0.15, 0.2) is 24.3 Å². The van der Waals surface area contributed by atoms with Crippen molar-refractivity contribution in [1.29, 1.82) is 0 Å². The Bertz CT molecular complexity index is 595. The fraction of sp³-hybridized carbons (Fsp3) is 0.500. The van der Waals surface area contributed by atoms with E-state index in [2.05, 4.69) is 10.0 Å². The maximum atomic E-state index is 12.4. The van der Waals surface area contributed by atoms with E-state index in [1.807, 2.05) is 6.92 Å². The van der Waals surface area contributed by atoms with Gasteiger partial charge in [-0.05, 0) is 24.6 Å². The van der Waals surface area contributed by atoms with Crippen molar-refractivity contribution in [2.45, 2.75) is 13.3 Å². The van der Waals surface area contributed by atoms with Crippen LogP contribution in [0.25, 0.3) is 0 Å². The minimum Gasteiger partial charge on any atom is -0.336 e. The third kappa shape index (κ3) is 4.44. The third-order valence-corrected chi connectivity index (χ3v) is 4.75. The van der Waals surface area contributed by atoms with Gasteiger partial charge in [0.05, 0.1) is 5.75 Å². The summed E-state index contributed by atoms with van der Waals surface area (Å²) in [6, 6.07) is 6.65. The van der Waals surface area contributed by atoms with E-state index in [1.54, 1.807) is 29.2 Å². The summed E-state index contributed by atoms with van der Waals surface area (Å²) in [6.45, 7) is 4.72. The van der Waals surface area contributed by atoms with E-state index in [1.165, 1.54) is 0 Å². The average Bonchev–Trinajstić information content (AvgIpc) is 2.47. The smallest absolute Gasteiger partial charge is 0.254 e. The Morgan fingerprint density at radius 3 is 2.71 bits per heavy atom. The molecule has 1 aliphatic rings. The number of anilines is 1. The van der Waals surface area contributed by atoms with Gasteiger partial charge in [-0.3, -0.25) is 9.52 Å². The highest BCUT2D eigenvalue weighted by atomic mass is 32.2. The summed E-state index contributed by atoms with van der Waals surface area (Å²) in [5.74, 6) is 0.0104. The van der Waals surface area contributed by atoms with E-state index in [0.717, 1.165) is 13.1 Å². The molecule has 0 bridgehead atoms. The number of sulfonamides is 1. The molecule has 0 unspecified atom stereocenters. The fourth-order valence-electron chi connectivity index (χ4n) is 2.27. The molecule has 1 aromatic carbocycles. The van der Waals surface area contributed by atoms with Gasteiger partial charge in [-0.2, -0.15) is 0 Å². The molecule has 2 rings (SSSR count). The first-order chi connectivity index (χ1) is 10.0. The first-order valence-electron chi connectivity index (χ1n) is 7.12. The van der Waals surface area contributed by atoms with Crippen molar-refractivity contribution in [3.63, 3.8) is 0 Å². The van der Waals surface area contributed by atoms with Gasteiger partial charge >= 0.3 is 0 Å². The lowest BCUT2D eigenvalue weighted by Crippen LogP contribution is -2.46. The third-order valence-electron chi connectivity index (χ3n) is 3.26. The van der Waals surface area contributed by atoms with Crippen molar-refractivity contribution < 1.29 is 13.2 Å². The minimum absolute atomic E-state index is 0.0620. The molecule has 116 valence electrons. The SMILES string of the molecule is CCCS(=O)(=O)Nc1cccc(C(=O)N2CCNCC2)c1. The standard InChI is InChI=1S/C14H21N3O3S/c1-2-10-21(19,20)16-13-5-3-4-12(11-13)14(18)17-8-6-15-7-9-17/h3-5,11,15-16H,2,6-10H2,1H3. The van der Waals surface area contributed by atoms with Gasteiger partial charge in [0.2, 0.25) is 10.0 Å². The van der Waals surface area contributed by atoms with E-state index in [0.29, 0.717) is 30.8 Å². The van der Waals surface area contributed by atoms with Gasteiger partial charge < -0.3 is 10.2 Å². The van der Waals surface area contributed by atoms with Crippen molar-refractivity contribution in [3.05, 3.63) is 29.8 Å². The molecular formula is C14H21N3O3S. The predicted octanol–water partition coefficient (Wildman–Crippen LogP) is 0.884. The molecule has 1 aromatic rings. The molecule has 1 fully saturated rings.